The topological polar surface area (TPSA) is 52.6 Å². The fourth-order valence-corrected chi connectivity index (χ4v) is 1.95. The third kappa shape index (κ3) is 6.56. The van der Waals surface area contributed by atoms with Gasteiger partial charge in [0.1, 0.15) is 5.60 Å². The van der Waals surface area contributed by atoms with Gasteiger partial charge in [-0.15, -0.1) is 0 Å². The highest BCUT2D eigenvalue weighted by Crippen LogP contribution is 2.47. The molecule has 0 saturated carbocycles. The van der Waals surface area contributed by atoms with Crippen molar-refractivity contribution < 1.29 is 18.8 Å². The lowest BCUT2D eigenvalue weighted by molar-refractivity contribution is -0.153. The highest BCUT2D eigenvalue weighted by atomic mass is 35.5. The average Bonchev–Trinajstić information content (AvgIpc) is 2.10. The van der Waals surface area contributed by atoms with Crippen LogP contribution < -0.4 is 0 Å². The van der Waals surface area contributed by atoms with Gasteiger partial charge in [0.25, 0.3) is 0 Å². The zero-order valence-corrected chi connectivity index (χ0v) is 13.0. The van der Waals surface area contributed by atoms with Gasteiger partial charge in [-0.3, -0.25) is 0 Å². The van der Waals surface area contributed by atoms with Crippen LogP contribution in [0.4, 0.5) is 0 Å². The van der Waals surface area contributed by atoms with E-state index in [2.05, 4.69) is 0 Å². The Bertz CT molecular complexity index is 297. The summed E-state index contributed by atoms with van der Waals surface area (Å²) in [6, 6.07) is 0. The lowest BCUT2D eigenvalue weighted by Crippen LogP contribution is -2.33. The summed E-state index contributed by atoms with van der Waals surface area (Å²) in [6.45, 7) is 8.58. The Morgan fingerprint density at radius 1 is 1.29 bits per heavy atom. The second-order valence-corrected chi connectivity index (χ2v) is 8.31. The average molecular weight is 304 g/mol. The van der Waals surface area contributed by atoms with Crippen LogP contribution in [-0.4, -0.2) is 28.1 Å². The number of carbonyl (C=O) groups excluding carboxylic acids is 1. The van der Waals surface area contributed by atoms with Gasteiger partial charge in [-0.1, -0.05) is 4.57 Å². The quantitative estimate of drug-likeness (QED) is 0.442. The second kappa shape index (κ2) is 6.33. The second-order valence-electron chi connectivity index (χ2n) is 4.77. The van der Waals surface area contributed by atoms with Crippen LogP contribution in [-0.2, 0) is 18.8 Å². The van der Waals surface area contributed by atoms with Gasteiger partial charge in [-0.05, 0) is 57.8 Å². The van der Waals surface area contributed by atoms with E-state index in [1.165, 1.54) is 0 Å². The lowest BCUT2D eigenvalue weighted by atomic mass is 10.2. The molecule has 0 aliphatic carbocycles. The normalized spacial score (nSPS) is 13.8. The Hall–Kier alpha value is 0.110. The third-order valence-electron chi connectivity index (χ3n) is 1.48. The van der Waals surface area contributed by atoms with E-state index in [9.17, 15) is 9.36 Å². The smallest absolute Gasteiger partial charge is 0.418 e. The van der Waals surface area contributed by atoms with E-state index in [1.54, 1.807) is 34.6 Å². The molecule has 0 aliphatic rings. The first kappa shape index (κ1) is 17.1. The molecule has 0 amide bonds. The zero-order valence-electron chi connectivity index (χ0n) is 10.6. The molecule has 0 rings (SSSR count). The van der Waals surface area contributed by atoms with Gasteiger partial charge in [-0.2, -0.15) is 0 Å². The molecule has 1 atom stereocenters. The molecule has 0 fully saturated rings. The van der Waals surface area contributed by atoms with E-state index in [-0.39, 0.29) is 12.5 Å². The number of halogens is 2. The third-order valence-corrected chi connectivity index (χ3v) is 4.12. The molecule has 0 aromatic carbocycles. The number of rotatable bonds is 5. The summed E-state index contributed by atoms with van der Waals surface area (Å²) in [5.74, 6) is -0.915. The van der Waals surface area contributed by atoms with Crippen LogP contribution in [0.25, 0.3) is 0 Å². The van der Waals surface area contributed by atoms with E-state index in [0.717, 1.165) is 0 Å². The summed E-state index contributed by atoms with van der Waals surface area (Å²) in [7, 11) is -2.26. The van der Waals surface area contributed by atoms with Crippen molar-refractivity contribution in [1.29, 1.82) is 0 Å². The van der Waals surface area contributed by atoms with E-state index >= 15 is 0 Å². The maximum atomic E-state index is 11.8. The molecule has 100 valence electrons. The summed E-state index contributed by atoms with van der Waals surface area (Å²) >= 11 is 11.5. The minimum absolute atomic E-state index is 0.114. The number of ether oxygens (including phenoxy) is 2. The van der Waals surface area contributed by atoms with Gasteiger partial charge in [0.15, 0.2) is 0 Å². The van der Waals surface area contributed by atoms with Crippen molar-refractivity contribution in [2.75, 3.05) is 6.35 Å². The van der Waals surface area contributed by atoms with Crippen LogP contribution in [0.5, 0.6) is 0 Å². The highest BCUT2D eigenvalue weighted by molar-refractivity contribution is 7.53. The molecule has 0 aromatic rings. The SMILES string of the molecule is CC(C)OC[P+](=O)C(Cl)(Cl)C(=O)OC(C)(C)C. The molecule has 0 aromatic heterocycles. The van der Waals surface area contributed by atoms with Gasteiger partial charge >= 0.3 is 17.8 Å². The minimum Gasteiger partial charge on any atom is -0.454 e. The van der Waals surface area contributed by atoms with E-state index in [1.807, 2.05) is 0 Å². The Labute approximate surface area is 113 Å². The molecule has 7 heteroatoms. The fraction of sp³-hybridized carbons (Fsp3) is 0.900. The van der Waals surface area contributed by atoms with Crippen molar-refractivity contribution in [2.45, 2.75) is 50.4 Å². The first-order valence-electron chi connectivity index (χ1n) is 5.14. The number of hydrogen-bond donors (Lipinski definition) is 0. The van der Waals surface area contributed by atoms with Gasteiger partial charge in [0.2, 0.25) is 6.35 Å². The predicted molar refractivity (Wildman–Crippen MR) is 69.0 cm³/mol. The van der Waals surface area contributed by atoms with Gasteiger partial charge in [-0.25, -0.2) is 4.79 Å². The molecule has 0 bridgehead atoms. The van der Waals surface area contributed by atoms with Crippen LogP contribution in [0.2, 0.25) is 0 Å². The number of alkyl halides is 2. The number of carbonyl (C=O) groups is 1. The molecule has 0 saturated heterocycles. The molecule has 0 heterocycles. The molecule has 1 unspecified atom stereocenters. The highest BCUT2D eigenvalue weighted by Gasteiger charge is 2.56. The van der Waals surface area contributed by atoms with E-state index < -0.39 is 23.4 Å². The van der Waals surface area contributed by atoms with E-state index in [4.69, 9.17) is 32.7 Å². The first-order chi connectivity index (χ1) is 7.47. The predicted octanol–water partition coefficient (Wildman–Crippen LogP) is 3.67. The molecule has 0 spiro atoms. The van der Waals surface area contributed by atoms with Crippen molar-refractivity contribution in [3.8, 4) is 0 Å². The molecule has 17 heavy (non-hydrogen) atoms. The fourth-order valence-electron chi connectivity index (χ4n) is 0.739. The molecule has 0 radical (unpaired) electrons. The molecule has 0 N–H and O–H groups in total. The Morgan fingerprint density at radius 2 is 1.76 bits per heavy atom. The standard InChI is InChI=1S/C10H18Cl2O4P/c1-7(2)15-6-17(14)10(11,12)8(13)16-9(3,4)5/h7H,6H2,1-5H3/q+1. The number of hydrogen-bond acceptors (Lipinski definition) is 4. The zero-order chi connectivity index (χ0) is 13.9. The van der Waals surface area contributed by atoms with Crippen molar-refractivity contribution in [3.05, 3.63) is 0 Å². The van der Waals surface area contributed by atoms with E-state index in [0.29, 0.717) is 0 Å². The maximum absolute atomic E-state index is 11.8. The number of esters is 1. The minimum atomic E-state index is -2.26. The Balaban J connectivity index is 4.54. The first-order valence-corrected chi connectivity index (χ1v) is 7.34. The monoisotopic (exact) mass is 303 g/mol. The molecule has 4 nitrogen and oxygen atoms in total. The van der Waals surface area contributed by atoms with Crippen LogP contribution in [0.15, 0.2) is 0 Å². The summed E-state index contributed by atoms with van der Waals surface area (Å²) in [5.41, 5.74) is -0.735. The largest absolute Gasteiger partial charge is 0.454 e. The summed E-state index contributed by atoms with van der Waals surface area (Å²) in [4.78, 5) is 11.6. The maximum Gasteiger partial charge on any atom is 0.418 e. The molecular weight excluding hydrogens is 286 g/mol. The summed E-state index contributed by atoms with van der Waals surface area (Å²) < 4.78 is 19.8. The van der Waals surface area contributed by atoms with Crippen molar-refractivity contribution >= 4 is 37.0 Å². The van der Waals surface area contributed by atoms with Crippen molar-refractivity contribution in [3.63, 3.8) is 0 Å². The molecular formula is C10H18Cl2O4P+. The summed E-state index contributed by atoms with van der Waals surface area (Å²) in [5, 5.41) is 0. The molecule has 0 aliphatic heterocycles. The summed E-state index contributed by atoms with van der Waals surface area (Å²) in [6.07, 6.45) is -0.295. The van der Waals surface area contributed by atoms with Crippen LogP contribution in [0.1, 0.15) is 34.6 Å². The van der Waals surface area contributed by atoms with Crippen molar-refractivity contribution in [2.24, 2.45) is 0 Å². The lowest BCUT2D eigenvalue weighted by Gasteiger charge is -2.21. The van der Waals surface area contributed by atoms with Crippen molar-refractivity contribution in [1.82, 2.24) is 0 Å². The Morgan fingerprint density at radius 3 is 2.12 bits per heavy atom. The Kier molecular flexibility index (Phi) is 6.37. The van der Waals surface area contributed by atoms with Gasteiger partial charge < -0.3 is 9.47 Å². The van der Waals surface area contributed by atoms with Gasteiger partial charge in [0.05, 0.1) is 6.10 Å². The van der Waals surface area contributed by atoms with Crippen LogP contribution in [0, 0.1) is 0 Å². The van der Waals surface area contributed by atoms with Gasteiger partial charge in [0, 0.05) is 0 Å². The van der Waals surface area contributed by atoms with Crippen LogP contribution >= 0.6 is 31.0 Å². The van der Waals surface area contributed by atoms with Crippen LogP contribution in [0.3, 0.4) is 0 Å².